The van der Waals surface area contributed by atoms with Gasteiger partial charge in [0.05, 0.1) is 6.04 Å². The third-order valence-electron chi connectivity index (χ3n) is 3.23. The molecule has 1 unspecified atom stereocenters. The monoisotopic (exact) mass is 182 g/mol. The summed E-state index contributed by atoms with van der Waals surface area (Å²) in [7, 11) is 2.09. The SMILES string of the molecule is CN1CCNC(C(=O)C2CCC2)C1. The van der Waals surface area contributed by atoms with Crippen LogP contribution < -0.4 is 5.32 Å². The quantitative estimate of drug-likeness (QED) is 0.665. The molecule has 3 nitrogen and oxygen atoms in total. The molecular weight excluding hydrogens is 164 g/mol. The van der Waals surface area contributed by atoms with Crippen LogP contribution in [0.25, 0.3) is 0 Å². The Morgan fingerprint density at radius 1 is 1.46 bits per heavy atom. The average Bonchev–Trinajstić information content (AvgIpc) is 2.01. The maximum atomic E-state index is 11.8. The van der Waals surface area contributed by atoms with Crippen molar-refractivity contribution in [2.45, 2.75) is 25.3 Å². The van der Waals surface area contributed by atoms with Crippen LogP contribution in [0.1, 0.15) is 19.3 Å². The van der Waals surface area contributed by atoms with Gasteiger partial charge >= 0.3 is 0 Å². The molecule has 0 aromatic carbocycles. The number of piperazine rings is 1. The van der Waals surface area contributed by atoms with E-state index < -0.39 is 0 Å². The van der Waals surface area contributed by atoms with Crippen LogP contribution in [0.2, 0.25) is 0 Å². The number of carbonyl (C=O) groups is 1. The van der Waals surface area contributed by atoms with Crippen molar-refractivity contribution in [3.8, 4) is 0 Å². The Morgan fingerprint density at radius 2 is 2.23 bits per heavy atom. The highest BCUT2D eigenvalue weighted by molar-refractivity contribution is 5.87. The van der Waals surface area contributed by atoms with Gasteiger partial charge in [0.1, 0.15) is 0 Å². The van der Waals surface area contributed by atoms with Crippen LogP contribution in [-0.4, -0.2) is 43.4 Å². The normalized spacial score (nSPS) is 31.3. The van der Waals surface area contributed by atoms with Gasteiger partial charge < -0.3 is 10.2 Å². The van der Waals surface area contributed by atoms with Crippen molar-refractivity contribution in [1.82, 2.24) is 10.2 Å². The lowest BCUT2D eigenvalue weighted by molar-refractivity contribution is -0.128. The molecule has 74 valence electrons. The number of nitrogens with one attached hydrogen (secondary N) is 1. The lowest BCUT2D eigenvalue weighted by Crippen LogP contribution is -2.54. The number of likely N-dealkylation sites (N-methyl/N-ethyl adjacent to an activating group) is 1. The van der Waals surface area contributed by atoms with Crippen molar-refractivity contribution in [3.05, 3.63) is 0 Å². The second-order valence-corrected chi connectivity index (χ2v) is 4.30. The van der Waals surface area contributed by atoms with E-state index in [0.29, 0.717) is 11.7 Å². The van der Waals surface area contributed by atoms with Crippen molar-refractivity contribution in [2.24, 2.45) is 5.92 Å². The van der Waals surface area contributed by atoms with Crippen LogP contribution in [-0.2, 0) is 4.79 Å². The fourth-order valence-electron chi connectivity index (χ4n) is 2.06. The highest BCUT2D eigenvalue weighted by atomic mass is 16.1. The molecule has 0 radical (unpaired) electrons. The van der Waals surface area contributed by atoms with E-state index in [-0.39, 0.29) is 6.04 Å². The van der Waals surface area contributed by atoms with Crippen molar-refractivity contribution in [3.63, 3.8) is 0 Å². The van der Waals surface area contributed by atoms with E-state index in [4.69, 9.17) is 0 Å². The molecule has 1 aliphatic carbocycles. The predicted molar refractivity (Wildman–Crippen MR) is 51.6 cm³/mol. The van der Waals surface area contributed by atoms with E-state index in [1.54, 1.807) is 0 Å². The molecular formula is C10H18N2O. The Labute approximate surface area is 79.5 Å². The topological polar surface area (TPSA) is 32.3 Å². The largest absolute Gasteiger partial charge is 0.305 e. The molecule has 1 atom stereocenters. The van der Waals surface area contributed by atoms with E-state index in [9.17, 15) is 4.79 Å². The highest BCUT2D eigenvalue weighted by Gasteiger charge is 2.32. The molecule has 2 aliphatic rings. The fraction of sp³-hybridized carbons (Fsp3) is 0.900. The van der Waals surface area contributed by atoms with Gasteiger partial charge in [0.15, 0.2) is 5.78 Å². The van der Waals surface area contributed by atoms with Gasteiger partial charge in [-0.05, 0) is 19.9 Å². The van der Waals surface area contributed by atoms with Crippen molar-refractivity contribution in [2.75, 3.05) is 26.7 Å². The summed E-state index contributed by atoms with van der Waals surface area (Å²) in [5.41, 5.74) is 0. The summed E-state index contributed by atoms with van der Waals surface area (Å²) in [6.45, 7) is 2.92. The summed E-state index contributed by atoms with van der Waals surface area (Å²) in [4.78, 5) is 14.1. The van der Waals surface area contributed by atoms with Gasteiger partial charge in [-0.1, -0.05) is 6.42 Å². The lowest BCUT2D eigenvalue weighted by atomic mass is 9.79. The first kappa shape index (κ1) is 9.16. The summed E-state index contributed by atoms with van der Waals surface area (Å²) in [5, 5.41) is 3.31. The van der Waals surface area contributed by atoms with Crippen LogP contribution in [0.3, 0.4) is 0 Å². The van der Waals surface area contributed by atoms with Crippen LogP contribution >= 0.6 is 0 Å². The average molecular weight is 182 g/mol. The van der Waals surface area contributed by atoms with E-state index in [1.807, 2.05) is 0 Å². The zero-order chi connectivity index (χ0) is 9.26. The zero-order valence-corrected chi connectivity index (χ0v) is 8.25. The van der Waals surface area contributed by atoms with Gasteiger partial charge in [0.25, 0.3) is 0 Å². The van der Waals surface area contributed by atoms with Crippen LogP contribution in [0.5, 0.6) is 0 Å². The summed E-state index contributed by atoms with van der Waals surface area (Å²) in [6.07, 6.45) is 3.50. The molecule has 1 heterocycles. The molecule has 13 heavy (non-hydrogen) atoms. The number of nitrogens with zero attached hydrogens (tertiary/aromatic N) is 1. The van der Waals surface area contributed by atoms with Crippen molar-refractivity contribution >= 4 is 5.78 Å². The summed E-state index contributed by atoms with van der Waals surface area (Å²) in [6, 6.07) is 0.115. The standard InChI is InChI=1S/C10H18N2O/c1-12-6-5-11-9(7-12)10(13)8-3-2-4-8/h8-9,11H,2-7H2,1H3. The molecule has 0 bridgehead atoms. The third kappa shape index (κ3) is 1.92. The molecule has 1 saturated carbocycles. The number of Topliss-reactive ketones (excluding diaryl/α,β-unsaturated/α-hetero) is 1. The van der Waals surface area contributed by atoms with Gasteiger partial charge in [-0.15, -0.1) is 0 Å². The number of hydrogen-bond acceptors (Lipinski definition) is 3. The fourth-order valence-corrected chi connectivity index (χ4v) is 2.06. The minimum absolute atomic E-state index is 0.115. The van der Waals surface area contributed by atoms with E-state index in [0.717, 1.165) is 32.5 Å². The number of ketones is 1. The van der Waals surface area contributed by atoms with E-state index in [1.165, 1.54) is 6.42 Å². The smallest absolute Gasteiger partial charge is 0.154 e. The van der Waals surface area contributed by atoms with E-state index in [2.05, 4.69) is 17.3 Å². The Bertz CT molecular complexity index is 201. The first-order valence-corrected chi connectivity index (χ1v) is 5.23. The second kappa shape index (κ2) is 3.76. The van der Waals surface area contributed by atoms with Gasteiger partial charge in [-0.2, -0.15) is 0 Å². The molecule has 3 heteroatoms. The summed E-state index contributed by atoms with van der Waals surface area (Å²) in [5.74, 6) is 0.835. The number of carbonyl (C=O) groups excluding carboxylic acids is 1. The lowest BCUT2D eigenvalue weighted by Gasteiger charge is -2.34. The van der Waals surface area contributed by atoms with Crippen LogP contribution in [0.4, 0.5) is 0 Å². The maximum absolute atomic E-state index is 11.8. The molecule has 2 fully saturated rings. The minimum Gasteiger partial charge on any atom is -0.305 e. The number of hydrogen-bond donors (Lipinski definition) is 1. The molecule has 1 aliphatic heterocycles. The van der Waals surface area contributed by atoms with Gasteiger partial charge in [-0.3, -0.25) is 4.79 Å². The molecule has 1 N–H and O–H groups in total. The number of rotatable bonds is 2. The molecule has 0 aromatic heterocycles. The van der Waals surface area contributed by atoms with Gasteiger partial charge in [0.2, 0.25) is 0 Å². The molecule has 0 aromatic rings. The first-order valence-electron chi connectivity index (χ1n) is 5.23. The molecule has 2 rings (SSSR count). The Hall–Kier alpha value is -0.410. The van der Waals surface area contributed by atoms with Gasteiger partial charge in [-0.25, -0.2) is 0 Å². The van der Waals surface area contributed by atoms with E-state index >= 15 is 0 Å². The van der Waals surface area contributed by atoms with Crippen LogP contribution in [0.15, 0.2) is 0 Å². The summed E-state index contributed by atoms with van der Waals surface area (Å²) >= 11 is 0. The second-order valence-electron chi connectivity index (χ2n) is 4.30. The molecule has 1 saturated heterocycles. The van der Waals surface area contributed by atoms with Crippen molar-refractivity contribution in [1.29, 1.82) is 0 Å². The zero-order valence-electron chi connectivity index (χ0n) is 8.25. The van der Waals surface area contributed by atoms with Crippen LogP contribution in [0, 0.1) is 5.92 Å². The van der Waals surface area contributed by atoms with Crippen molar-refractivity contribution < 1.29 is 4.79 Å². The Morgan fingerprint density at radius 3 is 2.77 bits per heavy atom. The summed E-state index contributed by atoms with van der Waals surface area (Å²) < 4.78 is 0. The minimum atomic E-state index is 0.115. The highest BCUT2D eigenvalue weighted by Crippen LogP contribution is 2.28. The molecule has 0 amide bonds. The molecule has 0 spiro atoms. The van der Waals surface area contributed by atoms with Gasteiger partial charge in [0, 0.05) is 25.6 Å². The first-order chi connectivity index (χ1) is 6.27. The maximum Gasteiger partial charge on any atom is 0.154 e. The Kier molecular flexibility index (Phi) is 2.65. The Balaban J connectivity index is 1.87. The third-order valence-corrected chi connectivity index (χ3v) is 3.23. The predicted octanol–water partition coefficient (Wildman–Crippen LogP) is 0.259.